The first-order valence-electron chi connectivity index (χ1n) is 8.61. The third-order valence-electron chi connectivity index (χ3n) is 4.35. The van der Waals surface area contributed by atoms with Gasteiger partial charge >= 0.3 is 6.09 Å². The zero-order valence-corrected chi connectivity index (χ0v) is 15.2. The predicted molar refractivity (Wildman–Crippen MR) is 90.7 cm³/mol. The minimum atomic E-state index is -0.647. The van der Waals surface area contributed by atoms with E-state index in [1.807, 2.05) is 20.8 Å². The molecule has 0 aromatic heterocycles. The van der Waals surface area contributed by atoms with Gasteiger partial charge in [0.15, 0.2) is 0 Å². The van der Waals surface area contributed by atoms with Gasteiger partial charge in [-0.1, -0.05) is 12.8 Å². The van der Waals surface area contributed by atoms with E-state index in [1.54, 1.807) is 7.05 Å². The van der Waals surface area contributed by atoms with E-state index in [0.717, 1.165) is 25.7 Å². The van der Waals surface area contributed by atoms with E-state index in [0.29, 0.717) is 18.7 Å². The van der Waals surface area contributed by atoms with Gasteiger partial charge in [0.2, 0.25) is 5.91 Å². The molecule has 0 atom stereocenters. The van der Waals surface area contributed by atoms with Crippen LogP contribution in [0.1, 0.15) is 59.3 Å². The van der Waals surface area contributed by atoms with Gasteiger partial charge in [-0.25, -0.2) is 9.80 Å². The fourth-order valence-corrected chi connectivity index (χ4v) is 3.07. The van der Waals surface area contributed by atoms with Gasteiger partial charge in [0.25, 0.3) is 0 Å². The van der Waals surface area contributed by atoms with Gasteiger partial charge in [-0.3, -0.25) is 4.79 Å². The number of hydrogen-bond donors (Lipinski definition) is 1. The molecule has 1 aliphatic heterocycles. The van der Waals surface area contributed by atoms with Gasteiger partial charge in [0.1, 0.15) is 5.60 Å². The smallest absolute Gasteiger partial charge is 0.410 e. The largest absolute Gasteiger partial charge is 0.444 e. The molecule has 0 unspecified atom stereocenters. The topological polar surface area (TPSA) is 82.4 Å². The van der Waals surface area contributed by atoms with Gasteiger partial charge in [0, 0.05) is 13.6 Å². The van der Waals surface area contributed by atoms with Crippen molar-refractivity contribution >= 4 is 17.7 Å². The first-order valence-corrected chi connectivity index (χ1v) is 8.61. The lowest BCUT2D eigenvalue weighted by Gasteiger charge is -2.24. The van der Waals surface area contributed by atoms with Crippen molar-refractivity contribution in [1.82, 2.24) is 9.91 Å². The highest BCUT2D eigenvalue weighted by molar-refractivity contribution is 6.06. The van der Waals surface area contributed by atoms with Crippen molar-refractivity contribution in [3.8, 4) is 0 Å². The fourth-order valence-electron chi connectivity index (χ4n) is 3.07. The second-order valence-corrected chi connectivity index (χ2v) is 7.88. The molecule has 0 aromatic rings. The average molecular weight is 339 g/mol. The Labute approximate surface area is 143 Å². The third-order valence-corrected chi connectivity index (χ3v) is 4.35. The van der Waals surface area contributed by atoms with Crippen LogP contribution in [0.15, 0.2) is 5.10 Å². The number of hydrazone groups is 1. The maximum atomic E-state index is 12.1. The Kier molecular flexibility index (Phi) is 5.52. The minimum Gasteiger partial charge on any atom is -0.444 e. The number of nitrogens with zero attached hydrogens (tertiary/aromatic N) is 3. The number of amides is 2. The molecule has 1 N–H and O–H groups in total. The van der Waals surface area contributed by atoms with Crippen LogP contribution in [0.3, 0.4) is 0 Å². The summed E-state index contributed by atoms with van der Waals surface area (Å²) in [4.78, 5) is 25.5. The number of carbonyl (C=O) groups excluding carboxylic acids is 2. The zero-order chi connectivity index (χ0) is 18.0. The molecule has 0 radical (unpaired) electrons. The number of carbonyl (C=O) groups is 2. The highest BCUT2D eigenvalue weighted by Gasteiger charge is 2.33. The maximum Gasteiger partial charge on any atom is 0.410 e. The molecule has 7 nitrogen and oxygen atoms in total. The molecule has 1 heterocycles. The lowest BCUT2D eigenvalue weighted by molar-refractivity contribution is -0.129. The van der Waals surface area contributed by atoms with E-state index in [9.17, 15) is 14.7 Å². The molecule has 2 amide bonds. The van der Waals surface area contributed by atoms with Gasteiger partial charge in [0.05, 0.1) is 24.3 Å². The molecule has 2 aliphatic rings. The van der Waals surface area contributed by atoms with E-state index < -0.39 is 17.3 Å². The van der Waals surface area contributed by atoms with Crippen molar-refractivity contribution in [3.05, 3.63) is 0 Å². The number of rotatable bonds is 5. The summed E-state index contributed by atoms with van der Waals surface area (Å²) in [6, 6.07) is 0. The second-order valence-electron chi connectivity index (χ2n) is 7.88. The van der Waals surface area contributed by atoms with Crippen LogP contribution in [0.2, 0.25) is 0 Å². The minimum absolute atomic E-state index is 0.0795. The van der Waals surface area contributed by atoms with Crippen LogP contribution < -0.4 is 0 Å². The molecular formula is C17H29N3O4. The molecule has 7 heteroatoms. The van der Waals surface area contributed by atoms with Crippen molar-refractivity contribution in [2.75, 3.05) is 20.1 Å². The molecule has 0 spiro atoms. The molecule has 0 aromatic carbocycles. The summed E-state index contributed by atoms with van der Waals surface area (Å²) < 4.78 is 5.29. The number of hydrogen-bond acceptors (Lipinski definition) is 5. The van der Waals surface area contributed by atoms with E-state index in [1.165, 1.54) is 9.91 Å². The molecule has 136 valence electrons. The van der Waals surface area contributed by atoms with E-state index in [4.69, 9.17) is 4.74 Å². The van der Waals surface area contributed by atoms with E-state index in [-0.39, 0.29) is 18.9 Å². The van der Waals surface area contributed by atoms with Gasteiger partial charge in [-0.05, 0) is 40.0 Å². The molecule has 1 saturated carbocycles. The fraction of sp³-hybridized carbons (Fsp3) is 0.824. The Morgan fingerprint density at radius 3 is 2.58 bits per heavy atom. The molecular weight excluding hydrogens is 310 g/mol. The van der Waals surface area contributed by atoms with Crippen LogP contribution in [0.5, 0.6) is 0 Å². The Balaban J connectivity index is 1.85. The summed E-state index contributed by atoms with van der Waals surface area (Å²) in [6.07, 6.45) is 4.01. The molecule has 2 rings (SSSR count). The Morgan fingerprint density at radius 2 is 2.00 bits per heavy atom. The summed E-state index contributed by atoms with van der Waals surface area (Å²) in [5.41, 5.74) is -0.556. The molecule has 24 heavy (non-hydrogen) atoms. The van der Waals surface area contributed by atoms with Crippen molar-refractivity contribution in [3.63, 3.8) is 0 Å². The van der Waals surface area contributed by atoms with Crippen LogP contribution in [-0.4, -0.2) is 64.1 Å². The van der Waals surface area contributed by atoms with Crippen LogP contribution in [0.4, 0.5) is 4.79 Å². The quantitative estimate of drug-likeness (QED) is 0.832. The highest BCUT2D eigenvalue weighted by atomic mass is 16.6. The molecule has 1 aliphatic carbocycles. The second kappa shape index (κ2) is 7.09. The SMILES string of the molecule is CN(CC1=NN(CCC2(O)CCCC2)C(=O)C1)C(=O)OC(C)(C)C. The Bertz CT molecular complexity index is 518. The van der Waals surface area contributed by atoms with E-state index >= 15 is 0 Å². The number of ether oxygens (including phenoxy) is 1. The highest BCUT2D eigenvalue weighted by Crippen LogP contribution is 2.32. The standard InChI is InChI=1S/C17H29N3O4/c1-16(2,3)24-15(22)19(4)12-13-11-14(21)20(18-13)10-9-17(23)7-5-6-8-17/h23H,5-12H2,1-4H3. The van der Waals surface area contributed by atoms with Crippen molar-refractivity contribution < 1.29 is 19.4 Å². The summed E-state index contributed by atoms with van der Waals surface area (Å²) in [5, 5.41) is 16.1. The van der Waals surface area contributed by atoms with Crippen LogP contribution in [0, 0.1) is 0 Å². The van der Waals surface area contributed by atoms with Gasteiger partial charge in [-0.2, -0.15) is 5.10 Å². The lowest BCUT2D eigenvalue weighted by atomic mass is 9.98. The van der Waals surface area contributed by atoms with Gasteiger partial charge < -0.3 is 14.7 Å². The van der Waals surface area contributed by atoms with Crippen molar-refractivity contribution in [2.24, 2.45) is 5.10 Å². The third kappa shape index (κ3) is 5.19. The van der Waals surface area contributed by atoms with E-state index in [2.05, 4.69) is 5.10 Å². The first-order chi connectivity index (χ1) is 11.1. The van der Waals surface area contributed by atoms with Crippen LogP contribution >= 0.6 is 0 Å². The number of aliphatic hydroxyl groups is 1. The summed E-state index contributed by atoms with van der Waals surface area (Å²) in [7, 11) is 1.63. The van der Waals surface area contributed by atoms with Crippen molar-refractivity contribution in [1.29, 1.82) is 0 Å². The molecule has 0 bridgehead atoms. The molecule has 1 fully saturated rings. The Morgan fingerprint density at radius 1 is 1.38 bits per heavy atom. The lowest BCUT2D eigenvalue weighted by Crippen LogP contribution is -2.37. The molecule has 0 saturated heterocycles. The van der Waals surface area contributed by atoms with Crippen LogP contribution in [-0.2, 0) is 9.53 Å². The summed E-state index contributed by atoms with van der Waals surface area (Å²) in [5.74, 6) is -0.0795. The predicted octanol–water partition coefficient (Wildman–Crippen LogP) is 2.14. The monoisotopic (exact) mass is 339 g/mol. The Hall–Kier alpha value is -1.63. The first kappa shape index (κ1) is 18.7. The van der Waals surface area contributed by atoms with Crippen LogP contribution in [0.25, 0.3) is 0 Å². The maximum absolute atomic E-state index is 12.1. The summed E-state index contributed by atoms with van der Waals surface area (Å²) >= 11 is 0. The average Bonchev–Trinajstić information content (AvgIpc) is 3.02. The van der Waals surface area contributed by atoms with Crippen molar-refractivity contribution in [2.45, 2.75) is 70.5 Å². The summed E-state index contributed by atoms with van der Waals surface area (Å²) in [6.45, 7) is 6.12. The normalized spacial score (nSPS) is 20.3. The van der Waals surface area contributed by atoms with Gasteiger partial charge in [-0.15, -0.1) is 0 Å². The zero-order valence-electron chi connectivity index (χ0n) is 15.2.